The van der Waals surface area contributed by atoms with Crippen molar-refractivity contribution in [2.45, 2.75) is 19.4 Å². The van der Waals surface area contributed by atoms with Crippen molar-refractivity contribution in [1.82, 2.24) is 4.90 Å². The molecule has 27 heavy (non-hydrogen) atoms. The molecule has 1 aliphatic heterocycles. The smallest absolute Gasteiger partial charge is 0.263 e. The highest BCUT2D eigenvalue weighted by Gasteiger charge is 2.28. The fourth-order valence-corrected chi connectivity index (χ4v) is 3.39. The predicted octanol–water partition coefficient (Wildman–Crippen LogP) is 3.85. The first-order valence-electron chi connectivity index (χ1n) is 9.20. The van der Waals surface area contributed by atoms with Crippen molar-refractivity contribution in [2.75, 3.05) is 38.2 Å². The van der Waals surface area contributed by atoms with E-state index in [-0.39, 0.29) is 5.91 Å². The Kier molecular flexibility index (Phi) is 6.45. The molecule has 2 aromatic rings. The third-order valence-electron chi connectivity index (χ3n) is 4.73. The van der Waals surface area contributed by atoms with Gasteiger partial charge in [0.2, 0.25) is 0 Å². The second-order valence-electron chi connectivity index (χ2n) is 6.49. The Morgan fingerprint density at radius 2 is 1.78 bits per heavy atom. The maximum absolute atomic E-state index is 12.9. The lowest BCUT2D eigenvalue weighted by Crippen LogP contribution is -2.52. The molecular weight excluding hydrogens is 364 g/mol. The second kappa shape index (κ2) is 9.00. The lowest BCUT2D eigenvalue weighted by atomic mass is 10.2. The van der Waals surface area contributed by atoms with Crippen LogP contribution in [0.2, 0.25) is 5.02 Å². The number of nitrogens with zero attached hydrogens (tertiary/aromatic N) is 2. The van der Waals surface area contributed by atoms with E-state index in [1.807, 2.05) is 54.3 Å². The zero-order valence-corrected chi connectivity index (χ0v) is 16.5. The van der Waals surface area contributed by atoms with Gasteiger partial charge in [-0.3, -0.25) is 4.79 Å². The minimum absolute atomic E-state index is 0.0334. The molecule has 1 atom stereocenters. The molecule has 6 heteroatoms. The van der Waals surface area contributed by atoms with Crippen LogP contribution in [0, 0.1) is 0 Å². The van der Waals surface area contributed by atoms with Gasteiger partial charge in [-0.25, -0.2) is 0 Å². The maximum Gasteiger partial charge on any atom is 0.263 e. The molecule has 1 saturated heterocycles. The van der Waals surface area contributed by atoms with Gasteiger partial charge in [0.25, 0.3) is 5.91 Å². The third-order valence-corrected chi connectivity index (χ3v) is 4.97. The van der Waals surface area contributed by atoms with Gasteiger partial charge in [-0.2, -0.15) is 0 Å². The highest BCUT2D eigenvalue weighted by molar-refractivity contribution is 6.30. The van der Waals surface area contributed by atoms with Gasteiger partial charge >= 0.3 is 0 Å². The first-order valence-corrected chi connectivity index (χ1v) is 9.58. The number of halogens is 1. The Bertz CT molecular complexity index is 776. The Hall–Kier alpha value is -2.40. The highest BCUT2D eigenvalue weighted by atomic mass is 35.5. The van der Waals surface area contributed by atoms with Crippen molar-refractivity contribution in [2.24, 2.45) is 0 Å². The van der Waals surface area contributed by atoms with Gasteiger partial charge in [0, 0.05) is 43.0 Å². The fourth-order valence-electron chi connectivity index (χ4n) is 3.21. The quantitative estimate of drug-likeness (QED) is 0.753. The SMILES string of the molecule is CCC(Oc1cccc(OC)c1)C(=O)N1CCN(c2cccc(Cl)c2)CC1. The van der Waals surface area contributed by atoms with Gasteiger partial charge in [-0.1, -0.05) is 30.7 Å². The largest absolute Gasteiger partial charge is 0.497 e. The van der Waals surface area contributed by atoms with Crippen molar-refractivity contribution in [3.8, 4) is 11.5 Å². The normalized spacial score (nSPS) is 15.4. The molecular formula is C21H25ClN2O3. The fraction of sp³-hybridized carbons (Fsp3) is 0.381. The molecule has 0 aromatic heterocycles. The minimum atomic E-state index is -0.491. The predicted molar refractivity (Wildman–Crippen MR) is 108 cm³/mol. The van der Waals surface area contributed by atoms with Gasteiger partial charge in [-0.15, -0.1) is 0 Å². The lowest BCUT2D eigenvalue weighted by molar-refractivity contribution is -0.139. The summed E-state index contributed by atoms with van der Waals surface area (Å²) in [6.45, 7) is 4.86. The summed E-state index contributed by atoms with van der Waals surface area (Å²) in [5.41, 5.74) is 1.09. The molecule has 0 bridgehead atoms. The maximum atomic E-state index is 12.9. The summed E-state index contributed by atoms with van der Waals surface area (Å²) in [5.74, 6) is 1.39. The van der Waals surface area contributed by atoms with Crippen LogP contribution in [0.25, 0.3) is 0 Å². The van der Waals surface area contributed by atoms with Crippen molar-refractivity contribution >= 4 is 23.2 Å². The lowest BCUT2D eigenvalue weighted by Gasteiger charge is -2.37. The summed E-state index contributed by atoms with van der Waals surface area (Å²) >= 11 is 6.09. The van der Waals surface area contributed by atoms with Crippen molar-refractivity contribution in [3.63, 3.8) is 0 Å². The van der Waals surface area contributed by atoms with E-state index in [0.717, 1.165) is 23.8 Å². The van der Waals surface area contributed by atoms with Crippen LogP contribution in [0.5, 0.6) is 11.5 Å². The number of carbonyl (C=O) groups is 1. The molecule has 2 aromatic carbocycles. The molecule has 1 heterocycles. The zero-order valence-electron chi connectivity index (χ0n) is 15.7. The number of amides is 1. The number of anilines is 1. The van der Waals surface area contributed by atoms with Gasteiger partial charge in [0.05, 0.1) is 7.11 Å². The molecule has 0 spiro atoms. The molecule has 0 radical (unpaired) electrons. The third kappa shape index (κ3) is 4.86. The average Bonchev–Trinajstić information content (AvgIpc) is 2.72. The number of carbonyl (C=O) groups excluding carboxylic acids is 1. The van der Waals surface area contributed by atoms with Crippen LogP contribution in [0.3, 0.4) is 0 Å². The van der Waals surface area contributed by atoms with Crippen LogP contribution in [0.4, 0.5) is 5.69 Å². The summed E-state index contributed by atoms with van der Waals surface area (Å²) in [5, 5.41) is 0.726. The van der Waals surface area contributed by atoms with E-state index < -0.39 is 6.10 Å². The second-order valence-corrected chi connectivity index (χ2v) is 6.92. The molecule has 1 fully saturated rings. The van der Waals surface area contributed by atoms with E-state index in [9.17, 15) is 4.79 Å². The number of piperazine rings is 1. The van der Waals surface area contributed by atoms with E-state index in [0.29, 0.717) is 31.0 Å². The van der Waals surface area contributed by atoms with Crippen LogP contribution >= 0.6 is 11.6 Å². The molecule has 3 rings (SSSR count). The number of hydrogen-bond acceptors (Lipinski definition) is 4. The van der Waals surface area contributed by atoms with Crippen LogP contribution in [-0.4, -0.2) is 50.2 Å². The van der Waals surface area contributed by atoms with Crippen LogP contribution in [0.15, 0.2) is 48.5 Å². The Balaban J connectivity index is 1.59. The van der Waals surface area contributed by atoms with E-state index in [1.54, 1.807) is 13.2 Å². The Labute approximate surface area is 165 Å². The van der Waals surface area contributed by atoms with Crippen molar-refractivity contribution in [1.29, 1.82) is 0 Å². The summed E-state index contributed by atoms with van der Waals surface area (Å²) in [7, 11) is 1.61. The first kappa shape index (κ1) is 19.4. The average molecular weight is 389 g/mol. The summed E-state index contributed by atoms with van der Waals surface area (Å²) in [4.78, 5) is 17.0. The van der Waals surface area contributed by atoms with Gasteiger partial charge in [-0.05, 0) is 36.8 Å². The summed E-state index contributed by atoms with van der Waals surface area (Å²) in [6, 6.07) is 15.2. The highest BCUT2D eigenvalue weighted by Crippen LogP contribution is 2.23. The van der Waals surface area contributed by atoms with E-state index in [2.05, 4.69) is 4.90 Å². The van der Waals surface area contributed by atoms with Crippen molar-refractivity contribution in [3.05, 3.63) is 53.6 Å². The molecule has 1 aliphatic rings. The molecule has 1 amide bonds. The summed E-state index contributed by atoms with van der Waals surface area (Å²) in [6.07, 6.45) is 0.125. The van der Waals surface area contributed by atoms with E-state index in [4.69, 9.17) is 21.1 Å². The van der Waals surface area contributed by atoms with Gasteiger partial charge < -0.3 is 19.3 Å². The molecule has 1 unspecified atom stereocenters. The molecule has 144 valence electrons. The van der Waals surface area contributed by atoms with E-state index in [1.165, 1.54) is 0 Å². The van der Waals surface area contributed by atoms with Gasteiger partial charge in [0.1, 0.15) is 11.5 Å². The standard InChI is InChI=1S/C21H25ClN2O3/c1-3-20(27-19-9-5-8-18(15-19)26-2)21(25)24-12-10-23(11-13-24)17-7-4-6-16(22)14-17/h4-9,14-15,20H,3,10-13H2,1-2H3. The minimum Gasteiger partial charge on any atom is -0.497 e. The monoisotopic (exact) mass is 388 g/mol. The number of hydrogen-bond donors (Lipinski definition) is 0. The zero-order chi connectivity index (χ0) is 19.2. The number of methoxy groups -OCH3 is 1. The van der Waals surface area contributed by atoms with Crippen LogP contribution in [0.1, 0.15) is 13.3 Å². The van der Waals surface area contributed by atoms with Crippen molar-refractivity contribution < 1.29 is 14.3 Å². The molecule has 5 nitrogen and oxygen atoms in total. The van der Waals surface area contributed by atoms with Crippen LogP contribution in [-0.2, 0) is 4.79 Å². The first-order chi connectivity index (χ1) is 13.1. The molecule has 0 N–H and O–H groups in total. The van der Waals surface area contributed by atoms with Gasteiger partial charge in [0.15, 0.2) is 6.10 Å². The number of benzene rings is 2. The summed E-state index contributed by atoms with van der Waals surface area (Å²) < 4.78 is 11.2. The Morgan fingerprint density at radius 3 is 2.44 bits per heavy atom. The molecule has 0 saturated carbocycles. The van der Waals surface area contributed by atoms with E-state index >= 15 is 0 Å². The number of rotatable bonds is 6. The Morgan fingerprint density at radius 1 is 1.07 bits per heavy atom. The molecule has 0 aliphatic carbocycles. The van der Waals surface area contributed by atoms with Crippen LogP contribution < -0.4 is 14.4 Å². The number of ether oxygens (including phenoxy) is 2. The topological polar surface area (TPSA) is 42.0 Å².